The Morgan fingerprint density at radius 1 is 0.895 bits per heavy atom. The Bertz CT molecular complexity index is 707. The van der Waals surface area contributed by atoms with Crippen molar-refractivity contribution >= 4 is 16.7 Å². The summed E-state index contributed by atoms with van der Waals surface area (Å²) in [7, 11) is 0. The lowest BCUT2D eigenvalue weighted by Crippen LogP contribution is -1.84. The Morgan fingerprint density at radius 3 is 2.68 bits per heavy atom. The zero-order chi connectivity index (χ0) is 12.9. The van der Waals surface area contributed by atoms with Crippen LogP contribution in [0.15, 0.2) is 71.0 Å². The summed E-state index contributed by atoms with van der Waals surface area (Å²) in [5, 5.41) is 9.35. The number of benzene rings is 1. The van der Waals surface area contributed by atoms with Crippen LogP contribution in [0.3, 0.4) is 0 Å². The van der Waals surface area contributed by atoms with E-state index in [1.54, 1.807) is 6.20 Å². The van der Waals surface area contributed by atoms with Crippen LogP contribution >= 0.6 is 0 Å². The highest BCUT2D eigenvalue weighted by Crippen LogP contribution is 2.16. The topological polar surface area (TPSA) is 50.5 Å². The fourth-order valence-corrected chi connectivity index (χ4v) is 1.78. The summed E-state index contributed by atoms with van der Waals surface area (Å²) < 4.78 is 0. The lowest BCUT2D eigenvalue weighted by Gasteiger charge is -1.97. The first kappa shape index (κ1) is 11.5. The van der Waals surface area contributed by atoms with E-state index in [-0.39, 0.29) is 0 Å². The highest BCUT2D eigenvalue weighted by molar-refractivity contribution is 5.79. The van der Waals surface area contributed by atoms with Crippen LogP contribution < -0.4 is 0 Å². The molecule has 2 aromatic heterocycles. The van der Waals surface area contributed by atoms with Crippen molar-refractivity contribution in [2.75, 3.05) is 0 Å². The molecule has 0 aliphatic heterocycles. The van der Waals surface area contributed by atoms with E-state index in [0.717, 1.165) is 16.6 Å². The van der Waals surface area contributed by atoms with Crippen molar-refractivity contribution in [1.82, 2.24) is 9.97 Å². The third-order valence-corrected chi connectivity index (χ3v) is 2.72. The van der Waals surface area contributed by atoms with Crippen molar-refractivity contribution in [1.29, 1.82) is 0 Å². The number of nitrogens with zero attached hydrogens (tertiary/aromatic N) is 4. The molecule has 0 unspecified atom stereocenters. The molecular weight excluding hydrogens is 236 g/mol. The second-order valence-electron chi connectivity index (χ2n) is 4.08. The van der Waals surface area contributed by atoms with Gasteiger partial charge in [-0.25, -0.2) is 4.98 Å². The molecule has 3 aromatic rings. The molecule has 0 aliphatic rings. The Balaban J connectivity index is 1.78. The fourth-order valence-electron chi connectivity index (χ4n) is 1.78. The summed E-state index contributed by atoms with van der Waals surface area (Å²) in [6, 6.07) is 17.5. The molecule has 92 valence electrons. The molecular formula is C15H12N4. The molecule has 0 fully saturated rings. The monoisotopic (exact) mass is 248 g/mol. The van der Waals surface area contributed by atoms with Gasteiger partial charge in [0.25, 0.3) is 0 Å². The van der Waals surface area contributed by atoms with Crippen molar-refractivity contribution in [2.45, 2.75) is 6.54 Å². The summed E-state index contributed by atoms with van der Waals surface area (Å²) >= 11 is 0. The second-order valence-corrected chi connectivity index (χ2v) is 4.08. The zero-order valence-electron chi connectivity index (χ0n) is 10.3. The van der Waals surface area contributed by atoms with Gasteiger partial charge in [-0.15, -0.1) is 5.11 Å². The van der Waals surface area contributed by atoms with E-state index in [0.29, 0.717) is 12.4 Å². The van der Waals surface area contributed by atoms with Crippen LogP contribution in [-0.2, 0) is 6.54 Å². The standard InChI is InChI=1S/C15H12N4/c1-2-7-14-12(5-1)8-9-15(18-14)19-17-11-13-6-3-4-10-16-13/h1-10H,11H2. The first-order valence-corrected chi connectivity index (χ1v) is 6.05. The Kier molecular flexibility index (Phi) is 3.23. The predicted octanol–water partition coefficient (Wildman–Crippen LogP) is 3.91. The third kappa shape index (κ3) is 2.80. The van der Waals surface area contributed by atoms with Crippen LogP contribution in [-0.4, -0.2) is 9.97 Å². The van der Waals surface area contributed by atoms with Gasteiger partial charge in [-0.3, -0.25) is 4.98 Å². The van der Waals surface area contributed by atoms with E-state index < -0.39 is 0 Å². The van der Waals surface area contributed by atoms with Crippen LogP contribution in [0.25, 0.3) is 10.9 Å². The van der Waals surface area contributed by atoms with Crippen molar-refractivity contribution < 1.29 is 0 Å². The maximum absolute atomic E-state index is 4.43. The van der Waals surface area contributed by atoms with Gasteiger partial charge in [0.1, 0.15) is 6.54 Å². The Morgan fingerprint density at radius 2 is 1.79 bits per heavy atom. The zero-order valence-corrected chi connectivity index (χ0v) is 10.3. The molecule has 0 bridgehead atoms. The van der Waals surface area contributed by atoms with Gasteiger partial charge < -0.3 is 0 Å². The maximum Gasteiger partial charge on any atom is 0.174 e. The fraction of sp³-hybridized carbons (Fsp3) is 0.0667. The highest BCUT2D eigenvalue weighted by Gasteiger charge is 1.96. The van der Waals surface area contributed by atoms with Crippen molar-refractivity contribution in [2.24, 2.45) is 10.2 Å². The number of fused-ring (bicyclic) bond motifs is 1. The number of rotatable bonds is 3. The molecule has 0 N–H and O–H groups in total. The molecule has 0 aliphatic carbocycles. The first-order chi connectivity index (χ1) is 9.42. The average molecular weight is 248 g/mol. The number of para-hydroxylation sites is 1. The quantitative estimate of drug-likeness (QED) is 0.660. The molecule has 0 saturated heterocycles. The molecule has 3 rings (SSSR count). The summed E-state index contributed by atoms with van der Waals surface area (Å²) in [4.78, 5) is 8.61. The van der Waals surface area contributed by atoms with Crippen molar-refractivity contribution in [3.8, 4) is 0 Å². The van der Waals surface area contributed by atoms with E-state index in [2.05, 4.69) is 20.2 Å². The smallest absolute Gasteiger partial charge is 0.174 e. The van der Waals surface area contributed by atoms with Gasteiger partial charge in [0, 0.05) is 11.6 Å². The van der Waals surface area contributed by atoms with Crippen molar-refractivity contribution in [3.05, 3.63) is 66.5 Å². The minimum atomic E-state index is 0.468. The molecule has 2 heterocycles. The normalized spacial score (nSPS) is 11.2. The highest BCUT2D eigenvalue weighted by atomic mass is 15.1. The molecule has 19 heavy (non-hydrogen) atoms. The van der Waals surface area contributed by atoms with Crippen LogP contribution in [0.5, 0.6) is 0 Å². The number of azo groups is 1. The number of hydrogen-bond acceptors (Lipinski definition) is 4. The van der Waals surface area contributed by atoms with Gasteiger partial charge in [-0.1, -0.05) is 24.3 Å². The number of pyridine rings is 2. The third-order valence-electron chi connectivity index (χ3n) is 2.72. The van der Waals surface area contributed by atoms with Crippen LogP contribution in [0.4, 0.5) is 5.82 Å². The first-order valence-electron chi connectivity index (χ1n) is 6.05. The summed E-state index contributed by atoms with van der Waals surface area (Å²) in [5.41, 5.74) is 1.82. The van der Waals surface area contributed by atoms with E-state index in [1.165, 1.54) is 0 Å². The van der Waals surface area contributed by atoms with Gasteiger partial charge in [-0.2, -0.15) is 5.11 Å². The maximum atomic E-state index is 4.43. The van der Waals surface area contributed by atoms with E-state index in [4.69, 9.17) is 0 Å². The van der Waals surface area contributed by atoms with Gasteiger partial charge in [0.2, 0.25) is 0 Å². The summed E-state index contributed by atoms with van der Waals surface area (Å²) in [5.74, 6) is 0.620. The van der Waals surface area contributed by atoms with E-state index >= 15 is 0 Å². The molecule has 4 nitrogen and oxygen atoms in total. The lowest BCUT2D eigenvalue weighted by atomic mass is 10.2. The molecule has 0 radical (unpaired) electrons. The number of aromatic nitrogens is 2. The molecule has 0 spiro atoms. The Labute approximate surface area is 110 Å². The van der Waals surface area contributed by atoms with Gasteiger partial charge in [0.05, 0.1) is 11.2 Å². The SMILES string of the molecule is c1ccc(CN=Nc2ccc3ccccc3n2)nc1. The molecule has 0 amide bonds. The molecule has 0 saturated carbocycles. The van der Waals surface area contributed by atoms with E-state index in [1.807, 2.05) is 54.6 Å². The van der Waals surface area contributed by atoms with E-state index in [9.17, 15) is 0 Å². The van der Waals surface area contributed by atoms with Crippen LogP contribution in [0.2, 0.25) is 0 Å². The molecule has 0 atom stereocenters. The number of hydrogen-bond donors (Lipinski definition) is 0. The van der Waals surface area contributed by atoms with Gasteiger partial charge in [0.15, 0.2) is 5.82 Å². The summed E-state index contributed by atoms with van der Waals surface area (Å²) in [6.07, 6.45) is 1.75. The van der Waals surface area contributed by atoms with Gasteiger partial charge >= 0.3 is 0 Å². The molecule has 4 heteroatoms. The van der Waals surface area contributed by atoms with Crippen molar-refractivity contribution in [3.63, 3.8) is 0 Å². The Hall–Kier alpha value is -2.62. The average Bonchev–Trinajstić information content (AvgIpc) is 2.48. The molecule has 1 aromatic carbocycles. The minimum Gasteiger partial charge on any atom is -0.259 e. The largest absolute Gasteiger partial charge is 0.259 e. The minimum absolute atomic E-state index is 0.468. The van der Waals surface area contributed by atoms with Crippen LogP contribution in [0.1, 0.15) is 5.69 Å². The lowest BCUT2D eigenvalue weighted by molar-refractivity contribution is 0.908. The second kappa shape index (κ2) is 5.35. The van der Waals surface area contributed by atoms with Crippen LogP contribution in [0, 0.1) is 0 Å². The summed E-state index contributed by atoms with van der Waals surface area (Å²) in [6.45, 7) is 0.468. The van der Waals surface area contributed by atoms with Gasteiger partial charge in [-0.05, 0) is 30.3 Å². The predicted molar refractivity (Wildman–Crippen MR) is 74.2 cm³/mol.